The van der Waals surface area contributed by atoms with E-state index in [1.165, 1.54) is 11.1 Å². The molecule has 1 aromatic carbocycles. The number of hydrogen-bond acceptors (Lipinski definition) is 3. The molecule has 1 aliphatic carbocycles. The van der Waals surface area contributed by atoms with E-state index in [2.05, 4.69) is 35.4 Å². The Morgan fingerprint density at radius 1 is 1.21 bits per heavy atom. The summed E-state index contributed by atoms with van der Waals surface area (Å²) in [4.78, 5) is 18.7. The first-order valence-corrected chi connectivity index (χ1v) is 10.7. The summed E-state index contributed by atoms with van der Waals surface area (Å²) in [5.41, 5.74) is 5.65. The van der Waals surface area contributed by atoms with Gasteiger partial charge in [0.15, 0.2) is 5.82 Å². The lowest BCUT2D eigenvalue weighted by Crippen LogP contribution is -2.77. The van der Waals surface area contributed by atoms with Gasteiger partial charge in [0.1, 0.15) is 12.6 Å². The molecule has 2 heterocycles. The third-order valence-electron chi connectivity index (χ3n) is 5.95. The summed E-state index contributed by atoms with van der Waals surface area (Å²) in [5, 5.41) is 12.9. The number of unbranched alkanes of at least 4 members (excludes halogenated alkanes) is 1. The molecule has 2 aliphatic heterocycles. The molecule has 1 amide bonds. The zero-order chi connectivity index (χ0) is 20.2. The van der Waals surface area contributed by atoms with Gasteiger partial charge < -0.3 is 10.4 Å². The number of hydrogen-bond donors (Lipinski definition) is 3. The minimum absolute atomic E-state index is 0.115. The monoisotopic (exact) mass is 392 g/mol. The van der Waals surface area contributed by atoms with E-state index in [4.69, 9.17) is 0 Å². The zero-order valence-corrected chi connectivity index (χ0v) is 17.1. The molecule has 1 fully saturated rings. The van der Waals surface area contributed by atoms with Crippen molar-refractivity contribution in [2.45, 2.75) is 51.5 Å². The SMILES string of the molecule is CCCCC1NC2=C(Cc3ccccc3)[NH+]=C(C3=CC=C(CO)CC3)CN2C1=O. The van der Waals surface area contributed by atoms with Crippen LogP contribution < -0.4 is 10.3 Å². The highest BCUT2D eigenvalue weighted by Crippen LogP contribution is 2.25. The fraction of sp³-hybridized carbons (Fsp3) is 0.417. The molecule has 3 N–H and O–H groups in total. The Kier molecular flexibility index (Phi) is 5.95. The minimum Gasteiger partial charge on any atom is -0.392 e. The largest absolute Gasteiger partial charge is 0.392 e. The predicted molar refractivity (Wildman–Crippen MR) is 114 cm³/mol. The maximum absolute atomic E-state index is 13.1. The van der Waals surface area contributed by atoms with Crippen molar-refractivity contribution in [2.75, 3.05) is 13.2 Å². The number of nitrogens with one attached hydrogen (secondary N) is 2. The van der Waals surface area contributed by atoms with Gasteiger partial charge in [-0.15, -0.1) is 0 Å². The van der Waals surface area contributed by atoms with Gasteiger partial charge in [-0.2, -0.15) is 0 Å². The minimum atomic E-state index is -0.127. The van der Waals surface area contributed by atoms with Crippen LogP contribution in [0, 0.1) is 0 Å². The second kappa shape index (κ2) is 8.78. The highest BCUT2D eigenvalue weighted by Gasteiger charge is 2.42. The molecular formula is C24H30N3O2+. The number of allylic oxidation sites excluding steroid dienone is 3. The molecule has 1 atom stereocenters. The lowest BCUT2D eigenvalue weighted by Gasteiger charge is -2.22. The predicted octanol–water partition coefficient (Wildman–Crippen LogP) is 1.56. The standard InChI is InChI=1S/C24H29N3O2/c1-2-3-9-20-24(29)27-15-22(19-12-10-18(16-28)11-13-19)25-21(23(27)26-20)14-17-7-5-4-6-8-17/h4-8,10,12,20,26,28H,2-3,9,11,13-16H2,1H3/p+1. The van der Waals surface area contributed by atoms with Gasteiger partial charge in [0.05, 0.1) is 13.0 Å². The summed E-state index contributed by atoms with van der Waals surface area (Å²) in [6, 6.07) is 10.2. The molecule has 29 heavy (non-hydrogen) atoms. The number of fused-ring (bicyclic) bond motifs is 1. The smallest absolute Gasteiger partial charge is 0.251 e. The van der Waals surface area contributed by atoms with Crippen LogP contribution in [-0.4, -0.2) is 40.8 Å². The molecule has 0 radical (unpaired) electrons. The van der Waals surface area contributed by atoms with Gasteiger partial charge in [0.25, 0.3) is 5.91 Å². The van der Waals surface area contributed by atoms with Crippen LogP contribution in [0.2, 0.25) is 0 Å². The van der Waals surface area contributed by atoms with Crippen LogP contribution >= 0.6 is 0 Å². The van der Waals surface area contributed by atoms with E-state index in [0.717, 1.165) is 61.3 Å². The van der Waals surface area contributed by atoms with Crippen LogP contribution in [0.5, 0.6) is 0 Å². The van der Waals surface area contributed by atoms with E-state index >= 15 is 0 Å². The average molecular weight is 393 g/mol. The zero-order valence-electron chi connectivity index (χ0n) is 17.1. The Bertz CT molecular complexity index is 896. The topological polar surface area (TPSA) is 66.5 Å². The first-order valence-electron chi connectivity index (χ1n) is 10.7. The average Bonchev–Trinajstić information content (AvgIpc) is 3.09. The van der Waals surface area contributed by atoms with Crippen LogP contribution in [0.3, 0.4) is 0 Å². The number of carbonyl (C=O) groups excluding carboxylic acids is 1. The highest BCUT2D eigenvalue weighted by atomic mass is 16.3. The summed E-state index contributed by atoms with van der Waals surface area (Å²) in [7, 11) is 0. The summed E-state index contributed by atoms with van der Waals surface area (Å²) < 4.78 is 0. The number of nitrogens with zero attached hydrogens (tertiary/aromatic N) is 1. The molecule has 0 bridgehead atoms. The van der Waals surface area contributed by atoms with Crippen molar-refractivity contribution in [3.8, 4) is 0 Å². The van der Waals surface area contributed by atoms with E-state index in [0.29, 0.717) is 6.54 Å². The van der Waals surface area contributed by atoms with Gasteiger partial charge in [-0.25, -0.2) is 4.99 Å². The van der Waals surface area contributed by atoms with Crippen molar-refractivity contribution in [2.24, 2.45) is 0 Å². The van der Waals surface area contributed by atoms with Gasteiger partial charge in [-0.1, -0.05) is 62.2 Å². The summed E-state index contributed by atoms with van der Waals surface area (Å²) in [6.45, 7) is 2.85. The summed E-state index contributed by atoms with van der Waals surface area (Å²) in [6.07, 6.45) is 9.60. The first-order chi connectivity index (χ1) is 14.2. The van der Waals surface area contributed by atoms with Crippen LogP contribution in [0.25, 0.3) is 0 Å². The third kappa shape index (κ3) is 4.20. The maximum Gasteiger partial charge on any atom is 0.251 e. The highest BCUT2D eigenvalue weighted by molar-refractivity contribution is 6.01. The molecular weight excluding hydrogens is 362 g/mol. The second-order valence-corrected chi connectivity index (χ2v) is 8.03. The maximum atomic E-state index is 13.1. The lowest BCUT2D eigenvalue weighted by atomic mass is 9.94. The number of rotatable bonds is 7. The van der Waals surface area contributed by atoms with Crippen LogP contribution in [0.1, 0.15) is 44.6 Å². The van der Waals surface area contributed by atoms with E-state index < -0.39 is 0 Å². The third-order valence-corrected chi connectivity index (χ3v) is 5.95. The fourth-order valence-corrected chi connectivity index (χ4v) is 4.23. The van der Waals surface area contributed by atoms with Crippen molar-refractivity contribution < 1.29 is 14.9 Å². The van der Waals surface area contributed by atoms with Gasteiger partial charge in [0.2, 0.25) is 11.4 Å². The molecule has 1 saturated heterocycles. The van der Waals surface area contributed by atoms with E-state index in [9.17, 15) is 9.90 Å². The number of carbonyl (C=O) groups is 1. The van der Waals surface area contributed by atoms with Gasteiger partial charge >= 0.3 is 0 Å². The van der Waals surface area contributed by atoms with Crippen molar-refractivity contribution in [1.29, 1.82) is 0 Å². The van der Waals surface area contributed by atoms with Gasteiger partial charge in [0, 0.05) is 5.57 Å². The fourth-order valence-electron chi connectivity index (χ4n) is 4.23. The normalized spacial score (nSPS) is 21.4. The van der Waals surface area contributed by atoms with Crippen molar-refractivity contribution in [3.63, 3.8) is 0 Å². The Labute approximate surface area is 172 Å². The first kappa shape index (κ1) is 19.6. The van der Waals surface area contributed by atoms with E-state index in [1.54, 1.807) is 0 Å². The lowest BCUT2D eigenvalue weighted by molar-refractivity contribution is -0.406. The molecule has 3 aliphatic rings. The molecule has 4 rings (SSSR count). The number of amides is 1. The van der Waals surface area contributed by atoms with Crippen molar-refractivity contribution in [3.05, 3.63) is 70.7 Å². The molecule has 0 aromatic heterocycles. The van der Waals surface area contributed by atoms with Crippen molar-refractivity contribution in [1.82, 2.24) is 10.2 Å². The number of benzene rings is 1. The molecule has 0 saturated carbocycles. The Morgan fingerprint density at radius 3 is 2.72 bits per heavy atom. The summed E-state index contributed by atoms with van der Waals surface area (Å²) in [5.74, 6) is 1.12. The molecule has 5 nitrogen and oxygen atoms in total. The Hall–Kier alpha value is -2.66. The van der Waals surface area contributed by atoms with Gasteiger partial charge in [-0.05, 0) is 30.4 Å². The quantitative estimate of drug-likeness (QED) is 0.660. The molecule has 5 heteroatoms. The van der Waals surface area contributed by atoms with Crippen LogP contribution in [0.4, 0.5) is 0 Å². The van der Waals surface area contributed by atoms with Crippen molar-refractivity contribution >= 4 is 11.6 Å². The molecule has 1 aromatic rings. The Morgan fingerprint density at radius 2 is 2.03 bits per heavy atom. The molecule has 1 unspecified atom stereocenters. The van der Waals surface area contributed by atoms with E-state index in [-0.39, 0.29) is 18.6 Å². The van der Waals surface area contributed by atoms with Gasteiger partial charge in [-0.3, -0.25) is 9.69 Å². The number of aliphatic hydroxyl groups is 1. The Balaban J connectivity index is 1.66. The number of aliphatic hydroxyl groups excluding tert-OH is 1. The van der Waals surface area contributed by atoms with Crippen LogP contribution in [0.15, 0.2) is 65.1 Å². The van der Waals surface area contributed by atoms with Crippen LogP contribution in [-0.2, 0) is 11.2 Å². The molecule has 0 spiro atoms. The second-order valence-electron chi connectivity index (χ2n) is 8.03. The molecule has 152 valence electrons. The van der Waals surface area contributed by atoms with E-state index in [1.807, 2.05) is 29.2 Å². The summed E-state index contributed by atoms with van der Waals surface area (Å²) >= 11 is 0.